The number of amides is 1. The van der Waals surface area contributed by atoms with Crippen molar-refractivity contribution < 1.29 is 24.2 Å². The Morgan fingerprint density at radius 2 is 1.74 bits per heavy atom. The number of hydrogen-bond donors (Lipinski definition) is 2. The topological polar surface area (TPSA) is 118 Å². The molecule has 9 nitrogen and oxygen atoms in total. The third-order valence-corrected chi connectivity index (χ3v) is 6.97. The molecule has 3 heterocycles. The highest BCUT2D eigenvalue weighted by Crippen LogP contribution is 2.42. The Bertz CT molecular complexity index is 1500. The van der Waals surface area contributed by atoms with Crippen molar-refractivity contribution in [1.29, 1.82) is 0 Å². The van der Waals surface area contributed by atoms with Crippen LogP contribution in [-0.4, -0.2) is 46.0 Å². The molecule has 2 N–H and O–H groups in total. The molecule has 35 heavy (non-hydrogen) atoms. The number of hydrogen-bond acceptors (Lipinski definition) is 8. The van der Waals surface area contributed by atoms with Crippen LogP contribution in [0.5, 0.6) is 11.5 Å². The van der Waals surface area contributed by atoms with Crippen LogP contribution >= 0.6 is 11.3 Å². The molecule has 2 aromatic heterocycles. The first-order valence-electron chi connectivity index (χ1n) is 10.8. The van der Waals surface area contributed by atoms with Crippen LogP contribution in [0.15, 0.2) is 53.8 Å². The average Bonchev–Trinajstić information content (AvgIpc) is 3.51. The molecule has 0 aliphatic carbocycles. The van der Waals surface area contributed by atoms with Gasteiger partial charge < -0.3 is 19.6 Å². The maximum Gasteiger partial charge on any atom is 0.296 e. The first-order valence-corrected chi connectivity index (χ1v) is 11.6. The Kier molecular flexibility index (Phi) is 5.52. The number of aromatic amines is 1. The van der Waals surface area contributed by atoms with Crippen LogP contribution in [-0.2, 0) is 4.79 Å². The number of nitrogens with one attached hydrogen (secondary N) is 1. The van der Waals surface area contributed by atoms with E-state index in [-0.39, 0.29) is 11.5 Å². The lowest BCUT2D eigenvalue weighted by Gasteiger charge is -2.24. The summed E-state index contributed by atoms with van der Waals surface area (Å²) in [7, 11) is 3.11. The number of benzene rings is 2. The van der Waals surface area contributed by atoms with Crippen LogP contribution in [0.2, 0.25) is 0 Å². The standard InChI is InChI=1S/C25H22N4O5S/c1-12-23(35-13(2)26-12)21(30)19-20(14-5-7-15(33-3)8-6-14)29(24(32)22(19)31)25-27-17-10-9-16(34-4)11-18(17)28-25/h5-11,20,31H,1-4H3,(H,27,28). The number of aliphatic hydroxyl groups excluding tert-OH is 1. The van der Waals surface area contributed by atoms with Gasteiger partial charge in [0.15, 0.2) is 5.76 Å². The summed E-state index contributed by atoms with van der Waals surface area (Å²) in [6.07, 6.45) is 0. The lowest BCUT2D eigenvalue weighted by atomic mass is 9.95. The van der Waals surface area contributed by atoms with Crippen molar-refractivity contribution in [3.8, 4) is 11.5 Å². The third-order valence-electron chi connectivity index (χ3n) is 5.90. The summed E-state index contributed by atoms with van der Waals surface area (Å²) < 4.78 is 10.5. The number of thiazole rings is 1. The third kappa shape index (κ3) is 3.71. The van der Waals surface area contributed by atoms with Crippen molar-refractivity contribution in [3.05, 3.63) is 74.9 Å². The Balaban J connectivity index is 1.67. The fourth-order valence-electron chi connectivity index (χ4n) is 4.24. The highest BCUT2D eigenvalue weighted by atomic mass is 32.1. The van der Waals surface area contributed by atoms with Gasteiger partial charge in [-0.15, -0.1) is 11.3 Å². The van der Waals surface area contributed by atoms with Crippen molar-refractivity contribution in [2.75, 3.05) is 19.1 Å². The Labute approximate surface area is 204 Å². The SMILES string of the molecule is COc1ccc(C2C(C(=O)c3sc(C)nc3C)=C(O)C(=O)N2c2nc3ccc(OC)cc3[nH]2)cc1. The second-order valence-corrected chi connectivity index (χ2v) is 9.24. The molecule has 0 radical (unpaired) electrons. The quantitative estimate of drug-likeness (QED) is 0.384. The van der Waals surface area contributed by atoms with Crippen LogP contribution < -0.4 is 14.4 Å². The van der Waals surface area contributed by atoms with Gasteiger partial charge in [-0.2, -0.15) is 0 Å². The fraction of sp³-hybridized carbons (Fsp3) is 0.200. The zero-order valence-corrected chi connectivity index (χ0v) is 20.3. The summed E-state index contributed by atoms with van der Waals surface area (Å²) in [4.78, 5) is 40.8. The number of ether oxygens (including phenoxy) is 2. The number of H-pyrrole nitrogens is 1. The highest BCUT2D eigenvalue weighted by molar-refractivity contribution is 7.14. The van der Waals surface area contributed by atoms with E-state index < -0.39 is 23.5 Å². The summed E-state index contributed by atoms with van der Waals surface area (Å²) in [6.45, 7) is 3.54. The summed E-state index contributed by atoms with van der Waals surface area (Å²) in [5.41, 5.74) is 2.39. The lowest BCUT2D eigenvalue weighted by molar-refractivity contribution is -0.117. The molecule has 1 atom stereocenters. The highest BCUT2D eigenvalue weighted by Gasteiger charge is 2.46. The van der Waals surface area contributed by atoms with E-state index in [0.717, 1.165) is 5.01 Å². The molecule has 2 aromatic carbocycles. The molecule has 0 fully saturated rings. The second kappa shape index (κ2) is 8.55. The molecular weight excluding hydrogens is 468 g/mol. The van der Waals surface area contributed by atoms with E-state index in [1.807, 2.05) is 0 Å². The van der Waals surface area contributed by atoms with Crippen LogP contribution in [0.3, 0.4) is 0 Å². The Morgan fingerprint density at radius 3 is 2.37 bits per heavy atom. The van der Waals surface area contributed by atoms with E-state index in [0.29, 0.717) is 38.7 Å². The molecule has 0 saturated heterocycles. The number of fused-ring (bicyclic) bond motifs is 1. The number of rotatable bonds is 6. The number of carbonyl (C=O) groups excluding carboxylic acids is 2. The minimum atomic E-state index is -0.912. The minimum absolute atomic E-state index is 0.0232. The largest absolute Gasteiger partial charge is 0.503 e. The van der Waals surface area contributed by atoms with Crippen LogP contribution in [0.4, 0.5) is 5.95 Å². The molecule has 1 aliphatic rings. The number of aromatic nitrogens is 3. The molecule has 1 aliphatic heterocycles. The molecule has 0 bridgehead atoms. The summed E-state index contributed by atoms with van der Waals surface area (Å²) >= 11 is 1.23. The normalized spacial score (nSPS) is 15.8. The van der Waals surface area contributed by atoms with E-state index in [9.17, 15) is 14.7 Å². The summed E-state index contributed by atoms with van der Waals surface area (Å²) in [5.74, 6) is -0.334. The molecule has 5 rings (SSSR count). The molecular formula is C25H22N4O5S. The molecule has 1 unspecified atom stereocenters. The van der Waals surface area contributed by atoms with E-state index in [1.165, 1.54) is 16.2 Å². The maximum absolute atomic E-state index is 13.7. The molecule has 0 spiro atoms. The van der Waals surface area contributed by atoms with E-state index in [1.54, 1.807) is 70.5 Å². The molecule has 178 valence electrons. The van der Waals surface area contributed by atoms with Gasteiger partial charge in [-0.1, -0.05) is 12.1 Å². The fourth-order valence-corrected chi connectivity index (χ4v) is 5.11. The van der Waals surface area contributed by atoms with Crippen LogP contribution in [0.1, 0.15) is 32.0 Å². The zero-order valence-electron chi connectivity index (χ0n) is 19.4. The van der Waals surface area contributed by atoms with Gasteiger partial charge in [0, 0.05) is 6.07 Å². The van der Waals surface area contributed by atoms with Gasteiger partial charge in [0.05, 0.1) is 52.4 Å². The lowest BCUT2D eigenvalue weighted by Crippen LogP contribution is -2.32. The van der Waals surface area contributed by atoms with E-state index >= 15 is 0 Å². The number of anilines is 1. The second-order valence-electron chi connectivity index (χ2n) is 8.03. The zero-order chi connectivity index (χ0) is 24.9. The smallest absolute Gasteiger partial charge is 0.296 e. The molecule has 4 aromatic rings. The Hall–Kier alpha value is -4.18. The van der Waals surface area contributed by atoms with Crippen molar-refractivity contribution >= 4 is 40.0 Å². The number of aliphatic hydroxyl groups is 1. The number of ketones is 1. The number of carbonyl (C=O) groups is 2. The van der Waals surface area contributed by atoms with Gasteiger partial charge >= 0.3 is 0 Å². The van der Waals surface area contributed by atoms with Crippen molar-refractivity contribution in [2.24, 2.45) is 0 Å². The van der Waals surface area contributed by atoms with Crippen molar-refractivity contribution in [3.63, 3.8) is 0 Å². The summed E-state index contributed by atoms with van der Waals surface area (Å²) in [6, 6.07) is 11.4. The number of nitrogens with zero attached hydrogens (tertiary/aromatic N) is 3. The number of imidazole rings is 1. The van der Waals surface area contributed by atoms with Crippen LogP contribution in [0, 0.1) is 13.8 Å². The van der Waals surface area contributed by atoms with E-state index in [2.05, 4.69) is 15.0 Å². The maximum atomic E-state index is 13.7. The van der Waals surface area contributed by atoms with Gasteiger partial charge in [-0.25, -0.2) is 9.97 Å². The van der Waals surface area contributed by atoms with Gasteiger partial charge in [0.2, 0.25) is 11.7 Å². The number of Topliss-reactive ketones (excluding diaryl/α,β-unsaturated/α-hetero) is 1. The molecule has 1 amide bonds. The predicted molar refractivity (Wildman–Crippen MR) is 131 cm³/mol. The van der Waals surface area contributed by atoms with Crippen molar-refractivity contribution in [1.82, 2.24) is 15.0 Å². The van der Waals surface area contributed by atoms with Crippen LogP contribution in [0.25, 0.3) is 11.0 Å². The number of aryl methyl sites for hydroxylation is 2. The molecule has 0 saturated carbocycles. The minimum Gasteiger partial charge on any atom is -0.503 e. The van der Waals surface area contributed by atoms with E-state index in [4.69, 9.17) is 9.47 Å². The number of methoxy groups -OCH3 is 2. The Morgan fingerprint density at radius 1 is 1.06 bits per heavy atom. The summed E-state index contributed by atoms with van der Waals surface area (Å²) in [5, 5.41) is 11.7. The van der Waals surface area contributed by atoms with Gasteiger partial charge in [-0.05, 0) is 43.7 Å². The molecule has 10 heteroatoms. The first-order chi connectivity index (χ1) is 16.8. The van der Waals surface area contributed by atoms with Gasteiger partial charge in [-0.3, -0.25) is 14.5 Å². The van der Waals surface area contributed by atoms with Gasteiger partial charge in [0.1, 0.15) is 11.5 Å². The average molecular weight is 491 g/mol. The van der Waals surface area contributed by atoms with Crippen molar-refractivity contribution in [2.45, 2.75) is 19.9 Å². The monoisotopic (exact) mass is 490 g/mol. The first kappa shape index (κ1) is 22.6. The van der Waals surface area contributed by atoms with Gasteiger partial charge in [0.25, 0.3) is 5.91 Å². The predicted octanol–water partition coefficient (Wildman–Crippen LogP) is 4.44.